The van der Waals surface area contributed by atoms with Crippen molar-refractivity contribution in [3.63, 3.8) is 0 Å². The number of benzene rings is 2. The predicted molar refractivity (Wildman–Crippen MR) is 116 cm³/mol. The predicted octanol–water partition coefficient (Wildman–Crippen LogP) is 3.61. The minimum Gasteiger partial charge on any atom is -0.451 e. The minimum atomic E-state index is -0.743. The molecule has 0 unspecified atom stereocenters. The third-order valence-electron chi connectivity index (χ3n) is 4.62. The number of nitrogens with zero attached hydrogens (tertiary/aromatic N) is 2. The van der Waals surface area contributed by atoms with Gasteiger partial charge in [0.25, 0.3) is 11.5 Å². The summed E-state index contributed by atoms with van der Waals surface area (Å²) in [6.45, 7) is 5.85. The van der Waals surface area contributed by atoms with Crippen molar-refractivity contribution in [2.24, 2.45) is 0 Å². The molecule has 0 aliphatic carbocycles. The Hall–Kier alpha value is -3.48. The molecule has 1 heterocycles. The van der Waals surface area contributed by atoms with E-state index in [1.54, 1.807) is 24.3 Å². The summed E-state index contributed by atoms with van der Waals surface area (Å²) >= 11 is 0. The molecule has 0 saturated heterocycles. The van der Waals surface area contributed by atoms with Crippen molar-refractivity contribution in [1.29, 1.82) is 0 Å². The smallest absolute Gasteiger partial charge is 0.359 e. The maximum atomic E-state index is 12.7. The third kappa shape index (κ3) is 4.92. The zero-order valence-electron chi connectivity index (χ0n) is 17.4. The van der Waals surface area contributed by atoms with Crippen LogP contribution in [0, 0.1) is 13.8 Å². The number of rotatable bonds is 7. The lowest BCUT2D eigenvalue weighted by Gasteiger charge is -2.11. The fourth-order valence-electron chi connectivity index (χ4n) is 3.29. The number of esters is 1. The Bertz CT molecular complexity index is 1130. The largest absolute Gasteiger partial charge is 0.451 e. The molecule has 0 saturated carbocycles. The van der Waals surface area contributed by atoms with Gasteiger partial charge in [0.15, 0.2) is 12.3 Å². The number of carbonyl (C=O) groups is 2. The molecule has 30 heavy (non-hydrogen) atoms. The van der Waals surface area contributed by atoms with Gasteiger partial charge in [0, 0.05) is 17.6 Å². The molecular weight excluding hydrogens is 382 g/mol. The first-order valence-corrected chi connectivity index (χ1v) is 9.94. The van der Waals surface area contributed by atoms with Crippen LogP contribution in [0.2, 0.25) is 0 Å². The lowest BCUT2D eigenvalue weighted by molar-refractivity contribution is -0.119. The normalized spacial score (nSPS) is 10.8. The number of hydrogen-bond donors (Lipinski definition) is 1. The first-order chi connectivity index (χ1) is 14.4. The average molecular weight is 407 g/mol. The average Bonchev–Trinajstić information content (AvgIpc) is 2.71. The van der Waals surface area contributed by atoms with Crippen LogP contribution in [0.25, 0.3) is 10.8 Å². The van der Waals surface area contributed by atoms with Gasteiger partial charge in [-0.15, -0.1) is 0 Å². The van der Waals surface area contributed by atoms with Gasteiger partial charge in [-0.25, -0.2) is 9.48 Å². The molecule has 1 amide bonds. The van der Waals surface area contributed by atoms with E-state index in [9.17, 15) is 14.4 Å². The van der Waals surface area contributed by atoms with E-state index >= 15 is 0 Å². The molecule has 156 valence electrons. The van der Waals surface area contributed by atoms with Crippen LogP contribution < -0.4 is 10.9 Å². The van der Waals surface area contributed by atoms with Gasteiger partial charge in [0.05, 0.1) is 5.39 Å². The molecule has 0 bridgehead atoms. The van der Waals surface area contributed by atoms with Crippen LogP contribution >= 0.6 is 0 Å². The van der Waals surface area contributed by atoms with Gasteiger partial charge in [-0.2, -0.15) is 5.10 Å². The number of aromatic nitrogens is 2. The van der Waals surface area contributed by atoms with E-state index in [0.717, 1.165) is 24.0 Å². The van der Waals surface area contributed by atoms with Gasteiger partial charge < -0.3 is 10.1 Å². The van der Waals surface area contributed by atoms with E-state index in [1.165, 1.54) is 4.68 Å². The van der Waals surface area contributed by atoms with E-state index in [1.807, 2.05) is 39.0 Å². The third-order valence-corrected chi connectivity index (χ3v) is 4.62. The zero-order valence-corrected chi connectivity index (χ0v) is 17.4. The molecule has 2 aromatic carbocycles. The summed E-state index contributed by atoms with van der Waals surface area (Å²) in [5, 5.41) is 7.76. The molecular formula is C23H25N3O4. The SMILES string of the molecule is CCCCn1nc(C(=O)OCC(=O)Nc2cc(C)cc(C)c2)c2ccccc2c1=O. The Balaban J connectivity index is 1.78. The summed E-state index contributed by atoms with van der Waals surface area (Å²) in [6.07, 6.45) is 1.65. The Labute approximate surface area is 174 Å². The molecule has 0 spiro atoms. The lowest BCUT2D eigenvalue weighted by atomic mass is 10.1. The molecule has 3 rings (SSSR count). The Morgan fingerprint density at radius 1 is 1.07 bits per heavy atom. The van der Waals surface area contributed by atoms with E-state index in [4.69, 9.17) is 4.74 Å². The summed E-state index contributed by atoms with van der Waals surface area (Å²) in [5.41, 5.74) is 2.47. The Kier molecular flexibility index (Phi) is 6.61. The van der Waals surface area contributed by atoms with Crippen molar-refractivity contribution in [2.45, 2.75) is 40.2 Å². The first-order valence-electron chi connectivity index (χ1n) is 9.94. The number of amides is 1. The topological polar surface area (TPSA) is 90.3 Å². The molecule has 0 fully saturated rings. The fraction of sp³-hybridized carbons (Fsp3) is 0.304. The highest BCUT2D eigenvalue weighted by molar-refractivity contribution is 6.03. The molecule has 0 atom stereocenters. The van der Waals surface area contributed by atoms with Crippen LogP contribution in [0.15, 0.2) is 47.3 Å². The number of carbonyl (C=O) groups excluding carboxylic acids is 2. The Morgan fingerprint density at radius 2 is 1.73 bits per heavy atom. The molecule has 1 aromatic heterocycles. The number of ether oxygens (including phenoxy) is 1. The van der Waals surface area contributed by atoms with Crippen LogP contribution in [0.1, 0.15) is 41.4 Å². The van der Waals surface area contributed by atoms with Crippen LogP contribution in [0.4, 0.5) is 5.69 Å². The molecule has 3 aromatic rings. The maximum absolute atomic E-state index is 12.7. The van der Waals surface area contributed by atoms with E-state index in [0.29, 0.717) is 23.0 Å². The highest BCUT2D eigenvalue weighted by atomic mass is 16.5. The van der Waals surface area contributed by atoms with Crippen molar-refractivity contribution in [3.05, 3.63) is 69.6 Å². The van der Waals surface area contributed by atoms with Gasteiger partial charge in [0.1, 0.15) is 0 Å². The summed E-state index contributed by atoms with van der Waals surface area (Å²) in [7, 11) is 0. The quantitative estimate of drug-likeness (QED) is 0.604. The maximum Gasteiger partial charge on any atom is 0.359 e. The fourth-order valence-corrected chi connectivity index (χ4v) is 3.29. The zero-order chi connectivity index (χ0) is 21.7. The summed E-state index contributed by atoms with van der Waals surface area (Å²) in [6, 6.07) is 12.5. The molecule has 1 N–H and O–H groups in total. The molecule has 0 radical (unpaired) electrons. The lowest BCUT2D eigenvalue weighted by Crippen LogP contribution is -2.27. The number of aryl methyl sites for hydroxylation is 3. The minimum absolute atomic E-state index is 0.0282. The molecule has 0 aliphatic rings. The standard InChI is InChI=1S/C23H25N3O4/c1-4-5-10-26-22(28)19-9-7-6-8-18(19)21(25-26)23(29)30-14-20(27)24-17-12-15(2)11-16(3)13-17/h6-9,11-13H,4-5,10,14H2,1-3H3,(H,24,27). The van der Waals surface area contributed by atoms with Crippen molar-refractivity contribution in [1.82, 2.24) is 9.78 Å². The molecule has 0 aliphatic heterocycles. The monoisotopic (exact) mass is 407 g/mol. The second kappa shape index (κ2) is 9.35. The van der Waals surface area contributed by atoms with Crippen LogP contribution in [-0.2, 0) is 16.1 Å². The summed E-state index contributed by atoms with van der Waals surface area (Å²) < 4.78 is 6.49. The number of hydrogen-bond acceptors (Lipinski definition) is 5. The van der Waals surface area contributed by atoms with Gasteiger partial charge >= 0.3 is 5.97 Å². The summed E-state index contributed by atoms with van der Waals surface area (Å²) in [4.78, 5) is 37.5. The second-order valence-electron chi connectivity index (χ2n) is 7.28. The number of fused-ring (bicyclic) bond motifs is 1. The molecule has 7 nitrogen and oxygen atoms in total. The van der Waals surface area contributed by atoms with Gasteiger partial charge in [-0.05, 0) is 49.6 Å². The number of unbranched alkanes of at least 4 members (excludes halogenated alkanes) is 1. The Morgan fingerprint density at radius 3 is 2.40 bits per heavy atom. The van der Waals surface area contributed by atoms with Gasteiger partial charge in [0.2, 0.25) is 0 Å². The van der Waals surface area contributed by atoms with Crippen molar-refractivity contribution < 1.29 is 14.3 Å². The van der Waals surface area contributed by atoms with Crippen LogP contribution in [0.3, 0.4) is 0 Å². The van der Waals surface area contributed by atoms with Crippen molar-refractivity contribution in [2.75, 3.05) is 11.9 Å². The van der Waals surface area contributed by atoms with Crippen molar-refractivity contribution >= 4 is 28.3 Å². The highest BCUT2D eigenvalue weighted by Crippen LogP contribution is 2.16. The van der Waals surface area contributed by atoms with Gasteiger partial charge in [-0.1, -0.05) is 37.6 Å². The first kappa shape index (κ1) is 21.2. The summed E-state index contributed by atoms with van der Waals surface area (Å²) in [5.74, 6) is -1.19. The number of anilines is 1. The number of nitrogens with one attached hydrogen (secondary N) is 1. The van der Waals surface area contributed by atoms with Crippen LogP contribution in [-0.4, -0.2) is 28.3 Å². The van der Waals surface area contributed by atoms with E-state index in [-0.39, 0.29) is 11.3 Å². The van der Waals surface area contributed by atoms with Crippen molar-refractivity contribution in [3.8, 4) is 0 Å². The molecule has 7 heteroatoms. The highest BCUT2D eigenvalue weighted by Gasteiger charge is 2.19. The van der Waals surface area contributed by atoms with Gasteiger partial charge in [-0.3, -0.25) is 9.59 Å². The van der Waals surface area contributed by atoms with E-state index < -0.39 is 18.5 Å². The van der Waals surface area contributed by atoms with Crippen LogP contribution in [0.5, 0.6) is 0 Å². The van der Waals surface area contributed by atoms with E-state index in [2.05, 4.69) is 10.4 Å². The second-order valence-corrected chi connectivity index (χ2v) is 7.28.